The second-order valence-corrected chi connectivity index (χ2v) is 4.56. The van der Waals surface area contributed by atoms with Crippen molar-refractivity contribution in [3.05, 3.63) is 47.7 Å². The molecule has 102 valence electrons. The summed E-state index contributed by atoms with van der Waals surface area (Å²) in [7, 11) is 1.53. The largest absolute Gasteiger partial charge is 0.480 e. The molecule has 3 rings (SSSR count). The maximum atomic E-state index is 12.3. The third-order valence-corrected chi connectivity index (χ3v) is 3.29. The third kappa shape index (κ3) is 2.30. The average Bonchev–Trinajstić information content (AvgIpc) is 2.95. The number of hydrogen-bond donors (Lipinski definition) is 2. The molecule has 1 amide bonds. The number of nitrogens with zero attached hydrogens (tertiary/aromatic N) is 1. The highest BCUT2D eigenvalue weighted by Gasteiger charge is 2.14. The maximum Gasteiger partial charge on any atom is 0.255 e. The minimum absolute atomic E-state index is 0.161. The number of benzene rings is 1. The number of nitrogens with one attached hydrogen (secondary N) is 2. The molecular formula is C15H15N3O2. The van der Waals surface area contributed by atoms with E-state index in [1.54, 1.807) is 18.3 Å². The van der Waals surface area contributed by atoms with Crippen LogP contribution in [0.15, 0.2) is 36.5 Å². The number of ether oxygens (including phenoxy) is 1. The predicted octanol–water partition coefficient (Wildman–Crippen LogP) is 2.31. The third-order valence-electron chi connectivity index (χ3n) is 3.29. The first-order chi connectivity index (χ1) is 9.78. The Morgan fingerprint density at radius 2 is 2.30 bits per heavy atom. The van der Waals surface area contributed by atoms with E-state index < -0.39 is 0 Å². The quantitative estimate of drug-likeness (QED) is 0.897. The van der Waals surface area contributed by atoms with Crippen LogP contribution >= 0.6 is 0 Å². The fourth-order valence-corrected chi connectivity index (χ4v) is 2.29. The number of carbonyl (C=O) groups is 1. The van der Waals surface area contributed by atoms with E-state index in [2.05, 4.69) is 15.6 Å². The second kappa shape index (κ2) is 5.21. The Bertz CT molecular complexity index is 655. The summed E-state index contributed by atoms with van der Waals surface area (Å²) in [4.78, 5) is 16.3. The molecule has 0 saturated carbocycles. The van der Waals surface area contributed by atoms with Crippen molar-refractivity contribution in [3.63, 3.8) is 0 Å². The van der Waals surface area contributed by atoms with Gasteiger partial charge in [0.2, 0.25) is 5.88 Å². The zero-order valence-corrected chi connectivity index (χ0v) is 11.1. The van der Waals surface area contributed by atoms with Gasteiger partial charge in [-0.2, -0.15) is 0 Å². The van der Waals surface area contributed by atoms with Gasteiger partial charge in [-0.3, -0.25) is 4.79 Å². The molecule has 0 aliphatic carbocycles. The highest BCUT2D eigenvalue weighted by Crippen LogP contribution is 2.25. The van der Waals surface area contributed by atoms with Gasteiger partial charge in [-0.25, -0.2) is 4.98 Å². The topological polar surface area (TPSA) is 63.2 Å². The number of carbonyl (C=O) groups excluding carboxylic acids is 1. The van der Waals surface area contributed by atoms with Gasteiger partial charge in [0.25, 0.3) is 5.91 Å². The zero-order chi connectivity index (χ0) is 13.9. The number of amides is 1. The van der Waals surface area contributed by atoms with Gasteiger partial charge < -0.3 is 15.4 Å². The molecule has 0 atom stereocenters. The van der Waals surface area contributed by atoms with Crippen LogP contribution in [0.25, 0.3) is 0 Å². The van der Waals surface area contributed by atoms with Gasteiger partial charge in [-0.1, -0.05) is 0 Å². The summed E-state index contributed by atoms with van der Waals surface area (Å²) in [5.74, 6) is 0.245. The molecule has 20 heavy (non-hydrogen) atoms. The Balaban J connectivity index is 1.83. The summed E-state index contributed by atoms with van der Waals surface area (Å²) in [6.45, 7) is 0.927. The minimum Gasteiger partial charge on any atom is -0.480 e. The summed E-state index contributed by atoms with van der Waals surface area (Å²) in [6.07, 6.45) is 2.57. The molecule has 1 aromatic carbocycles. The van der Waals surface area contributed by atoms with Crippen molar-refractivity contribution >= 4 is 17.3 Å². The number of pyridine rings is 1. The van der Waals surface area contributed by atoms with Crippen molar-refractivity contribution in [2.45, 2.75) is 6.42 Å². The molecule has 2 heterocycles. The molecule has 0 radical (unpaired) electrons. The van der Waals surface area contributed by atoms with Crippen molar-refractivity contribution in [1.82, 2.24) is 4.98 Å². The number of anilines is 2. The van der Waals surface area contributed by atoms with E-state index in [9.17, 15) is 4.79 Å². The molecule has 1 aliphatic rings. The highest BCUT2D eigenvalue weighted by molar-refractivity contribution is 6.05. The van der Waals surface area contributed by atoms with E-state index >= 15 is 0 Å². The predicted molar refractivity (Wildman–Crippen MR) is 77.4 cm³/mol. The first-order valence-electron chi connectivity index (χ1n) is 6.45. The van der Waals surface area contributed by atoms with Crippen molar-refractivity contribution in [3.8, 4) is 5.88 Å². The van der Waals surface area contributed by atoms with E-state index in [4.69, 9.17) is 4.74 Å². The Morgan fingerprint density at radius 1 is 1.40 bits per heavy atom. The lowest BCUT2D eigenvalue weighted by Gasteiger charge is -2.09. The van der Waals surface area contributed by atoms with Crippen molar-refractivity contribution in [1.29, 1.82) is 0 Å². The lowest BCUT2D eigenvalue weighted by atomic mass is 10.1. The summed E-state index contributed by atoms with van der Waals surface area (Å²) >= 11 is 0. The first-order valence-corrected chi connectivity index (χ1v) is 6.45. The van der Waals surface area contributed by atoms with Crippen LogP contribution < -0.4 is 15.4 Å². The maximum absolute atomic E-state index is 12.3. The molecule has 1 aromatic heterocycles. The fourth-order valence-electron chi connectivity index (χ4n) is 2.29. The number of fused-ring (bicyclic) bond motifs is 1. The van der Waals surface area contributed by atoms with Crippen LogP contribution in [0, 0.1) is 0 Å². The van der Waals surface area contributed by atoms with Crippen LogP contribution in [0.2, 0.25) is 0 Å². The van der Waals surface area contributed by atoms with E-state index in [-0.39, 0.29) is 5.91 Å². The van der Waals surface area contributed by atoms with Gasteiger partial charge in [0.05, 0.1) is 7.11 Å². The number of methoxy groups -OCH3 is 1. The SMILES string of the molecule is COc1ncccc1NC(=O)c1ccc2c(c1)CCN2. The molecule has 0 spiro atoms. The highest BCUT2D eigenvalue weighted by atomic mass is 16.5. The van der Waals surface area contributed by atoms with Gasteiger partial charge in [-0.15, -0.1) is 0 Å². The molecular weight excluding hydrogens is 254 g/mol. The summed E-state index contributed by atoms with van der Waals surface area (Å²) in [5.41, 5.74) is 3.49. The van der Waals surface area contributed by atoms with Crippen LogP contribution in [0.5, 0.6) is 5.88 Å². The molecule has 0 fully saturated rings. The van der Waals surface area contributed by atoms with Crippen molar-refractivity contribution in [2.75, 3.05) is 24.3 Å². The molecule has 0 unspecified atom stereocenters. The minimum atomic E-state index is -0.161. The standard InChI is InChI=1S/C15H15N3O2/c1-20-15-13(3-2-7-17-15)18-14(19)11-4-5-12-10(9-11)6-8-16-12/h2-5,7,9,16H,6,8H2,1H3,(H,18,19). The van der Waals surface area contributed by atoms with Crippen LogP contribution in [-0.2, 0) is 6.42 Å². The van der Waals surface area contributed by atoms with Crippen molar-refractivity contribution < 1.29 is 9.53 Å². The monoisotopic (exact) mass is 269 g/mol. The molecule has 1 aliphatic heterocycles. The lowest BCUT2D eigenvalue weighted by molar-refractivity contribution is 0.102. The average molecular weight is 269 g/mol. The Hall–Kier alpha value is -2.56. The number of hydrogen-bond acceptors (Lipinski definition) is 4. The molecule has 5 nitrogen and oxygen atoms in total. The van der Waals surface area contributed by atoms with Gasteiger partial charge >= 0.3 is 0 Å². The summed E-state index contributed by atoms with van der Waals surface area (Å²) in [6, 6.07) is 9.20. The van der Waals surface area contributed by atoms with Gasteiger partial charge in [0, 0.05) is 24.0 Å². The van der Waals surface area contributed by atoms with Gasteiger partial charge in [0.1, 0.15) is 5.69 Å². The number of rotatable bonds is 3. The Morgan fingerprint density at radius 3 is 3.15 bits per heavy atom. The normalized spacial score (nSPS) is 12.4. The van der Waals surface area contributed by atoms with E-state index in [1.165, 1.54) is 12.7 Å². The van der Waals surface area contributed by atoms with Crippen LogP contribution in [-0.4, -0.2) is 24.5 Å². The smallest absolute Gasteiger partial charge is 0.255 e. The van der Waals surface area contributed by atoms with E-state index in [0.717, 1.165) is 18.7 Å². The fraction of sp³-hybridized carbons (Fsp3) is 0.200. The van der Waals surface area contributed by atoms with Crippen LogP contribution in [0.4, 0.5) is 11.4 Å². The van der Waals surface area contributed by atoms with Gasteiger partial charge in [-0.05, 0) is 42.3 Å². The number of aromatic nitrogens is 1. The van der Waals surface area contributed by atoms with E-state index in [1.807, 2.05) is 18.2 Å². The molecule has 2 aromatic rings. The van der Waals surface area contributed by atoms with Crippen LogP contribution in [0.3, 0.4) is 0 Å². The zero-order valence-electron chi connectivity index (χ0n) is 11.1. The van der Waals surface area contributed by atoms with Gasteiger partial charge in [0.15, 0.2) is 0 Å². The molecule has 5 heteroatoms. The second-order valence-electron chi connectivity index (χ2n) is 4.56. The summed E-state index contributed by atoms with van der Waals surface area (Å²) in [5, 5.41) is 6.09. The lowest BCUT2D eigenvalue weighted by Crippen LogP contribution is -2.13. The molecule has 0 bridgehead atoms. The van der Waals surface area contributed by atoms with E-state index in [0.29, 0.717) is 17.1 Å². The van der Waals surface area contributed by atoms with Crippen LogP contribution in [0.1, 0.15) is 15.9 Å². The Labute approximate surface area is 117 Å². The van der Waals surface area contributed by atoms with Crippen molar-refractivity contribution in [2.24, 2.45) is 0 Å². The Kier molecular flexibility index (Phi) is 3.25. The molecule has 2 N–H and O–H groups in total. The molecule has 0 saturated heterocycles. The summed E-state index contributed by atoms with van der Waals surface area (Å²) < 4.78 is 5.12. The first kappa shape index (κ1) is 12.5.